The lowest BCUT2D eigenvalue weighted by molar-refractivity contribution is 0.0505. The van der Waals surface area contributed by atoms with Crippen LogP contribution in [0, 0.1) is 0 Å². The number of rotatable bonds is 5. The standard InChI is InChI=1S/C18H27NO2/c1-2-14-21-18(20)15-10-12-17(13-11-15)19-16-8-6-4-3-5-7-9-16/h10-13,16,19H,2-9,14H2,1H3. The molecule has 116 valence electrons. The van der Waals surface area contributed by atoms with Gasteiger partial charge in [0.25, 0.3) is 0 Å². The molecule has 1 aliphatic carbocycles. The molecular formula is C18H27NO2. The van der Waals surface area contributed by atoms with Crippen LogP contribution in [0.25, 0.3) is 0 Å². The molecule has 0 aromatic heterocycles. The summed E-state index contributed by atoms with van der Waals surface area (Å²) < 4.78 is 5.14. The Bertz CT molecular complexity index is 419. The molecule has 1 aromatic carbocycles. The zero-order valence-corrected chi connectivity index (χ0v) is 13.1. The second-order valence-corrected chi connectivity index (χ2v) is 5.90. The lowest BCUT2D eigenvalue weighted by Gasteiger charge is -2.22. The van der Waals surface area contributed by atoms with Gasteiger partial charge < -0.3 is 10.1 Å². The minimum Gasteiger partial charge on any atom is -0.462 e. The molecule has 21 heavy (non-hydrogen) atoms. The maximum absolute atomic E-state index is 11.7. The van der Waals surface area contributed by atoms with Crippen molar-refractivity contribution in [3.8, 4) is 0 Å². The molecule has 1 fully saturated rings. The van der Waals surface area contributed by atoms with Crippen molar-refractivity contribution in [2.24, 2.45) is 0 Å². The third kappa shape index (κ3) is 5.41. The summed E-state index contributed by atoms with van der Waals surface area (Å²) in [6.45, 7) is 2.48. The van der Waals surface area contributed by atoms with Gasteiger partial charge >= 0.3 is 5.97 Å². The highest BCUT2D eigenvalue weighted by Crippen LogP contribution is 2.21. The maximum Gasteiger partial charge on any atom is 0.338 e. The number of carbonyl (C=O) groups excluding carboxylic acids is 1. The Morgan fingerprint density at radius 1 is 1.10 bits per heavy atom. The SMILES string of the molecule is CCCOC(=O)c1ccc(NC2CCCCCCC2)cc1. The lowest BCUT2D eigenvalue weighted by Crippen LogP contribution is -2.20. The molecule has 2 rings (SSSR count). The van der Waals surface area contributed by atoms with E-state index in [1.165, 1.54) is 44.9 Å². The van der Waals surface area contributed by atoms with Crippen molar-refractivity contribution in [1.82, 2.24) is 0 Å². The minimum absolute atomic E-state index is 0.227. The molecule has 0 aliphatic heterocycles. The Labute approximate surface area is 128 Å². The molecule has 0 heterocycles. The topological polar surface area (TPSA) is 38.3 Å². The smallest absolute Gasteiger partial charge is 0.338 e. The van der Waals surface area contributed by atoms with Crippen molar-refractivity contribution < 1.29 is 9.53 Å². The van der Waals surface area contributed by atoms with Crippen LogP contribution < -0.4 is 5.32 Å². The highest BCUT2D eigenvalue weighted by Gasteiger charge is 2.12. The first-order valence-electron chi connectivity index (χ1n) is 8.33. The first-order valence-corrected chi connectivity index (χ1v) is 8.33. The van der Waals surface area contributed by atoms with Gasteiger partial charge in [-0.15, -0.1) is 0 Å². The van der Waals surface area contributed by atoms with Crippen LogP contribution in [0.1, 0.15) is 68.6 Å². The molecule has 0 saturated heterocycles. The molecule has 1 saturated carbocycles. The van der Waals surface area contributed by atoms with Gasteiger partial charge in [-0.25, -0.2) is 4.79 Å². The summed E-state index contributed by atoms with van der Waals surface area (Å²) in [6.07, 6.45) is 10.1. The Hall–Kier alpha value is -1.51. The molecule has 0 spiro atoms. The van der Waals surface area contributed by atoms with E-state index in [1.807, 2.05) is 31.2 Å². The number of ether oxygens (including phenoxy) is 1. The van der Waals surface area contributed by atoms with Crippen molar-refractivity contribution in [3.05, 3.63) is 29.8 Å². The average molecular weight is 289 g/mol. The van der Waals surface area contributed by atoms with Crippen LogP contribution >= 0.6 is 0 Å². The lowest BCUT2D eigenvalue weighted by atomic mass is 9.96. The molecule has 0 atom stereocenters. The van der Waals surface area contributed by atoms with E-state index in [9.17, 15) is 4.79 Å². The van der Waals surface area contributed by atoms with Gasteiger partial charge in [0.1, 0.15) is 0 Å². The molecule has 1 N–H and O–H groups in total. The van der Waals surface area contributed by atoms with Gasteiger partial charge in [0.05, 0.1) is 12.2 Å². The van der Waals surface area contributed by atoms with E-state index in [2.05, 4.69) is 5.32 Å². The van der Waals surface area contributed by atoms with E-state index in [4.69, 9.17) is 4.74 Å². The second-order valence-electron chi connectivity index (χ2n) is 5.90. The van der Waals surface area contributed by atoms with Crippen LogP contribution in [0.2, 0.25) is 0 Å². The predicted molar refractivity (Wildman–Crippen MR) is 86.7 cm³/mol. The fourth-order valence-electron chi connectivity index (χ4n) is 2.82. The van der Waals surface area contributed by atoms with Crippen LogP contribution in [-0.4, -0.2) is 18.6 Å². The van der Waals surface area contributed by atoms with Crippen LogP contribution in [0.3, 0.4) is 0 Å². The minimum atomic E-state index is -0.227. The number of esters is 1. The summed E-state index contributed by atoms with van der Waals surface area (Å²) in [6, 6.07) is 8.25. The highest BCUT2D eigenvalue weighted by molar-refractivity contribution is 5.89. The Kier molecular flexibility index (Phi) is 6.58. The van der Waals surface area contributed by atoms with Crippen molar-refractivity contribution in [2.45, 2.75) is 64.3 Å². The number of nitrogens with one attached hydrogen (secondary N) is 1. The van der Waals surface area contributed by atoms with E-state index in [-0.39, 0.29) is 5.97 Å². The van der Waals surface area contributed by atoms with Crippen LogP contribution in [0.15, 0.2) is 24.3 Å². The summed E-state index contributed by atoms with van der Waals surface area (Å²) >= 11 is 0. The number of carbonyl (C=O) groups is 1. The number of hydrogen-bond donors (Lipinski definition) is 1. The third-order valence-electron chi connectivity index (χ3n) is 4.03. The Morgan fingerprint density at radius 3 is 2.33 bits per heavy atom. The monoisotopic (exact) mass is 289 g/mol. The number of hydrogen-bond acceptors (Lipinski definition) is 3. The van der Waals surface area contributed by atoms with Gasteiger partial charge in [0.2, 0.25) is 0 Å². The van der Waals surface area contributed by atoms with Crippen molar-refractivity contribution >= 4 is 11.7 Å². The average Bonchev–Trinajstić information content (AvgIpc) is 2.48. The van der Waals surface area contributed by atoms with Crippen LogP contribution in [0.4, 0.5) is 5.69 Å². The largest absolute Gasteiger partial charge is 0.462 e. The number of benzene rings is 1. The fourth-order valence-corrected chi connectivity index (χ4v) is 2.82. The van der Waals surface area contributed by atoms with Gasteiger partial charge in [0.15, 0.2) is 0 Å². The maximum atomic E-state index is 11.7. The zero-order chi connectivity index (χ0) is 14.9. The van der Waals surface area contributed by atoms with Crippen molar-refractivity contribution in [2.75, 3.05) is 11.9 Å². The van der Waals surface area contributed by atoms with E-state index in [0.29, 0.717) is 18.2 Å². The normalized spacial score (nSPS) is 16.8. The highest BCUT2D eigenvalue weighted by atomic mass is 16.5. The van der Waals surface area contributed by atoms with Gasteiger partial charge in [-0.1, -0.05) is 39.0 Å². The molecule has 0 bridgehead atoms. The second kappa shape index (κ2) is 8.71. The zero-order valence-electron chi connectivity index (χ0n) is 13.1. The van der Waals surface area contributed by atoms with Crippen molar-refractivity contribution in [3.63, 3.8) is 0 Å². The fraction of sp³-hybridized carbons (Fsp3) is 0.611. The summed E-state index contributed by atoms with van der Waals surface area (Å²) in [5.41, 5.74) is 1.74. The van der Waals surface area contributed by atoms with E-state index in [1.54, 1.807) is 0 Å². The van der Waals surface area contributed by atoms with Gasteiger partial charge in [0, 0.05) is 11.7 Å². The van der Waals surface area contributed by atoms with Gasteiger partial charge in [-0.2, -0.15) is 0 Å². The van der Waals surface area contributed by atoms with E-state index in [0.717, 1.165) is 12.1 Å². The molecule has 3 heteroatoms. The molecule has 1 aromatic rings. The van der Waals surface area contributed by atoms with Crippen molar-refractivity contribution in [1.29, 1.82) is 0 Å². The summed E-state index contributed by atoms with van der Waals surface area (Å²) in [5.74, 6) is -0.227. The first kappa shape index (κ1) is 15.9. The molecular weight excluding hydrogens is 262 g/mol. The Morgan fingerprint density at radius 2 is 1.71 bits per heavy atom. The van der Waals surface area contributed by atoms with Crippen LogP contribution in [-0.2, 0) is 4.74 Å². The molecule has 0 radical (unpaired) electrons. The molecule has 3 nitrogen and oxygen atoms in total. The van der Waals surface area contributed by atoms with E-state index >= 15 is 0 Å². The molecule has 0 unspecified atom stereocenters. The van der Waals surface area contributed by atoms with Crippen LogP contribution in [0.5, 0.6) is 0 Å². The number of anilines is 1. The first-order chi connectivity index (χ1) is 10.3. The summed E-state index contributed by atoms with van der Waals surface area (Å²) in [4.78, 5) is 11.7. The molecule has 1 aliphatic rings. The van der Waals surface area contributed by atoms with Gasteiger partial charge in [-0.05, 0) is 43.5 Å². The van der Waals surface area contributed by atoms with E-state index < -0.39 is 0 Å². The van der Waals surface area contributed by atoms with Gasteiger partial charge in [-0.3, -0.25) is 0 Å². The molecule has 0 amide bonds. The Balaban J connectivity index is 1.87. The predicted octanol–water partition coefficient (Wildman–Crippen LogP) is 4.78. The summed E-state index contributed by atoms with van der Waals surface area (Å²) in [7, 11) is 0. The quantitative estimate of drug-likeness (QED) is 0.793. The third-order valence-corrected chi connectivity index (χ3v) is 4.03. The summed E-state index contributed by atoms with van der Waals surface area (Å²) in [5, 5.41) is 3.61.